The number of carbonyl (C=O) groups is 1. The van der Waals surface area contributed by atoms with Crippen molar-refractivity contribution in [1.29, 1.82) is 0 Å². The van der Waals surface area contributed by atoms with Gasteiger partial charge in [0.05, 0.1) is 12.5 Å². The van der Waals surface area contributed by atoms with E-state index in [9.17, 15) is 4.79 Å². The fourth-order valence-corrected chi connectivity index (χ4v) is 3.13. The number of esters is 1. The van der Waals surface area contributed by atoms with E-state index < -0.39 is 0 Å². The summed E-state index contributed by atoms with van der Waals surface area (Å²) >= 11 is 0. The number of ether oxygens (including phenoxy) is 1. The monoisotopic (exact) mass is 281 g/mol. The topological polar surface area (TPSA) is 52.3 Å². The minimum atomic E-state index is -0.128. The van der Waals surface area contributed by atoms with Gasteiger partial charge >= 0.3 is 5.97 Å². The highest BCUT2D eigenvalue weighted by atomic mass is 16.5. The van der Waals surface area contributed by atoms with Crippen LogP contribution in [0.3, 0.4) is 0 Å². The molecule has 0 saturated heterocycles. The number of nitrogens with two attached hydrogens (primary N) is 1. The fraction of sp³-hybridized carbons (Fsp3) is 0.278. The van der Waals surface area contributed by atoms with Gasteiger partial charge in [-0.25, -0.2) is 0 Å². The third-order valence-corrected chi connectivity index (χ3v) is 4.12. The van der Waals surface area contributed by atoms with Crippen LogP contribution in [0.1, 0.15) is 29.9 Å². The summed E-state index contributed by atoms with van der Waals surface area (Å²) in [6, 6.07) is 17.9. The van der Waals surface area contributed by atoms with Crippen molar-refractivity contribution >= 4 is 11.7 Å². The molecule has 21 heavy (non-hydrogen) atoms. The Morgan fingerprint density at radius 3 is 2.38 bits per heavy atom. The predicted molar refractivity (Wildman–Crippen MR) is 82.9 cm³/mol. The van der Waals surface area contributed by atoms with Gasteiger partial charge in [0.2, 0.25) is 0 Å². The molecule has 0 heterocycles. The predicted octanol–water partition coefficient (Wildman–Crippen LogP) is 3.33. The fourth-order valence-electron chi connectivity index (χ4n) is 3.13. The molecule has 0 amide bonds. The van der Waals surface area contributed by atoms with Crippen molar-refractivity contribution in [2.24, 2.45) is 5.92 Å². The van der Waals surface area contributed by atoms with E-state index in [4.69, 9.17) is 10.5 Å². The second-order valence-corrected chi connectivity index (χ2v) is 5.37. The molecule has 0 spiro atoms. The summed E-state index contributed by atoms with van der Waals surface area (Å²) in [4.78, 5) is 12.2. The number of hydrogen-bond donors (Lipinski definition) is 1. The molecule has 1 fully saturated rings. The minimum absolute atomic E-state index is 0.118. The largest absolute Gasteiger partial charge is 0.466 e. The van der Waals surface area contributed by atoms with Crippen LogP contribution in [0.15, 0.2) is 54.6 Å². The molecule has 108 valence electrons. The van der Waals surface area contributed by atoms with E-state index in [1.807, 2.05) is 49.4 Å². The maximum atomic E-state index is 12.2. The van der Waals surface area contributed by atoms with Gasteiger partial charge in [0, 0.05) is 17.5 Å². The van der Waals surface area contributed by atoms with Crippen molar-refractivity contribution in [3.63, 3.8) is 0 Å². The van der Waals surface area contributed by atoms with Crippen molar-refractivity contribution in [3.05, 3.63) is 65.7 Å². The van der Waals surface area contributed by atoms with E-state index >= 15 is 0 Å². The molecule has 2 aromatic rings. The molecule has 1 aliphatic carbocycles. The zero-order valence-corrected chi connectivity index (χ0v) is 12.0. The Morgan fingerprint density at radius 2 is 1.71 bits per heavy atom. The second kappa shape index (κ2) is 5.60. The number of nitrogen functional groups attached to an aromatic ring is 1. The minimum Gasteiger partial charge on any atom is -0.466 e. The first-order chi connectivity index (χ1) is 10.2. The Morgan fingerprint density at radius 1 is 1.05 bits per heavy atom. The molecule has 3 rings (SSSR count). The SMILES string of the molecule is CCOC(=O)C1C(c2ccccc2)C1c1ccccc1N. The van der Waals surface area contributed by atoms with Gasteiger partial charge in [-0.15, -0.1) is 0 Å². The van der Waals surface area contributed by atoms with Crippen molar-refractivity contribution < 1.29 is 9.53 Å². The molecule has 1 aliphatic rings. The molecule has 3 atom stereocenters. The van der Waals surface area contributed by atoms with Crippen LogP contribution >= 0.6 is 0 Å². The van der Waals surface area contributed by atoms with Gasteiger partial charge in [-0.1, -0.05) is 48.5 Å². The van der Waals surface area contributed by atoms with Crippen molar-refractivity contribution in [2.75, 3.05) is 12.3 Å². The lowest BCUT2D eigenvalue weighted by Gasteiger charge is -2.04. The Labute approximate surface area is 124 Å². The zero-order chi connectivity index (χ0) is 14.8. The van der Waals surface area contributed by atoms with Crippen LogP contribution in [0.25, 0.3) is 0 Å². The van der Waals surface area contributed by atoms with Crippen molar-refractivity contribution in [2.45, 2.75) is 18.8 Å². The Hall–Kier alpha value is -2.29. The van der Waals surface area contributed by atoms with E-state index in [0.29, 0.717) is 6.61 Å². The summed E-state index contributed by atoms with van der Waals surface area (Å²) in [5, 5.41) is 0. The van der Waals surface area contributed by atoms with Crippen LogP contribution in [-0.2, 0) is 9.53 Å². The van der Waals surface area contributed by atoms with Crippen LogP contribution < -0.4 is 5.73 Å². The molecule has 2 aromatic carbocycles. The van der Waals surface area contributed by atoms with Crippen LogP contribution in [-0.4, -0.2) is 12.6 Å². The molecule has 2 N–H and O–H groups in total. The van der Waals surface area contributed by atoms with Gasteiger partial charge in [-0.2, -0.15) is 0 Å². The third-order valence-electron chi connectivity index (χ3n) is 4.12. The van der Waals surface area contributed by atoms with Crippen molar-refractivity contribution in [3.8, 4) is 0 Å². The van der Waals surface area contributed by atoms with E-state index in [1.54, 1.807) is 0 Å². The van der Waals surface area contributed by atoms with Gasteiger partial charge in [-0.3, -0.25) is 4.79 Å². The highest BCUT2D eigenvalue weighted by molar-refractivity contribution is 5.81. The number of anilines is 1. The summed E-state index contributed by atoms with van der Waals surface area (Å²) < 4.78 is 5.23. The molecular weight excluding hydrogens is 262 g/mol. The number of para-hydroxylation sites is 1. The Kier molecular flexibility index (Phi) is 3.65. The van der Waals surface area contributed by atoms with Gasteiger partial charge in [-0.05, 0) is 24.1 Å². The van der Waals surface area contributed by atoms with Gasteiger partial charge in [0.15, 0.2) is 0 Å². The summed E-state index contributed by atoms with van der Waals surface area (Å²) in [6.07, 6.45) is 0. The molecule has 0 bridgehead atoms. The Balaban J connectivity index is 1.94. The van der Waals surface area contributed by atoms with Gasteiger partial charge in [0.1, 0.15) is 0 Å². The average molecular weight is 281 g/mol. The number of rotatable bonds is 4. The first kappa shape index (κ1) is 13.7. The molecule has 0 aliphatic heterocycles. The van der Waals surface area contributed by atoms with Gasteiger partial charge in [0.25, 0.3) is 0 Å². The molecule has 0 radical (unpaired) electrons. The highest BCUT2D eigenvalue weighted by Gasteiger charge is 2.57. The first-order valence-corrected chi connectivity index (χ1v) is 7.30. The summed E-state index contributed by atoms with van der Waals surface area (Å²) in [7, 11) is 0. The number of hydrogen-bond acceptors (Lipinski definition) is 3. The van der Waals surface area contributed by atoms with Crippen molar-refractivity contribution in [1.82, 2.24) is 0 Å². The highest BCUT2D eigenvalue weighted by Crippen LogP contribution is 2.61. The molecule has 3 unspecified atom stereocenters. The number of benzene rings is 2. The average Bonchev–Trinajstić information content (AvgIpc) is 3.24. The molecule has 3 nitrogen and oxygen atoms in total. The van der Waals surface area contributed by atoms with E-state index in [0.717, 1.165) is 11.3 Å². The van der Waals surface area contributed by atoms with Crippen LogP contribution in [0.4, 0.5) is 5.69 Å². The van der Waals surface area contributed by atoms with E-state index in [1.165, 1.54) is 5.56 Å². The Bertz CT molecular complexity index is 639. The van der Waals surface area contributed by atoms with Crippen LogP contribution in [0, 0.1) is 5.92 Å². The normalized spacial score (nSPS) is 23.6. The summed E-state index contributed by atoms with van der Waals surface area (Å²) in [5.74, 6) is 0.0271. The molecule has 0 aromatic heterocycles. The van der Waals surface area contributed by atoms with E-state index in [-0.39, 0.29) is 23.7 Å². The summed E-state index contributed by atoms with van der Waals surface area (Å²) in [5.41, 5.74) is 9.05. The zero-order valence-electron chi connectivity index (χ0n) is 12.0. The first-order valence-electron chi connectivity index (χ1n) is 7.30. The molecule has 3 heteroatoms. The molecular formula is C18H19NO2. The van der Waals surface area contributed by atoms with Crippen LogP contribution in [0.5, 0.6) is 0 Å². The standard InChI is InChI=1S/C18H19NO2/c1-2-21-18(20)17-15(12-8-4-3-5-9-12)16(17)13-10-6-7-11-14(13)19/h3-11,15-17H,2,19H2,1H3. The maximum absolute atomic E-state index is 12.2. The number of carbonyl (C=O) groups excluding carboxylic acids is 1. The lowest BCUT2D eigenvalue weighted by Crippen LogP contribution is -2.08. The summed E-state index contributed by atoms with van der Waals surface area (Å²) in [6.45, 7) is 2.25. The maximum Gasteiger partial charge on any atom is 0.310 e. The second-order valence-electron chi connectivity index (χ2n) is 5.37. The lowest BCUT2D eigenvalue weighted by atomic mass is 10.0. The van der Waals surface area contributed by atoms with Gasteiger partial charge < -0.3 is 10.5 Å². The molecule has 1 saturated carbocycles. The third kappa shape index (κ3) is 2.51. The van der Waals surface area contributed by atoms with Crippen LogP contribution in [0.2, 0.25) is 0 Å². The quantitative estimate of drug-likeness (QED) is 0.691. The lowest BCUT2D eigenvalue weighted by molar-refractivity contribution is -0.144. The smallest absolute Gasteiger partial charge is 0.310 e. The van der Waals surface area contributed by atoms with E-state index in [2.05, 4.69) is 12.1 Å².